The second kappa shape index (κ2) is 8.81. The van der Waals surface area contributed by atoms with Gasteiger partial charge in [-0.15, -0.1) is 11.3 Å². The molecule has 158 valence electrons. The molecule has 0 radical (unpaired) electrons. The Morgan fingerprint density at radius 3 is 3.03 bits per heavy atom. The predicted molar refractivity (Wildman–Crippen MR) is 123 cm³/mol. The highest BCUT2D eigenvalue weighted by Crippen LogP contribution is 2.36. The summed E-state index contributed by atoms with van der Waals surface area (Å²) in [7, 11) is 1.59. The number of aromatic nitrogens is 2. The van der Waals surface area contributed by atoms with Crippen molar-refractivity contribution < 1.29 is 9.53 Å². The monoisotopic (exact) mass is 443 g/mol. The van der Waals surface area contributed by atoms with Gasteiger partial charge in [-0.25, -0.2) is 4.98 Å². The van der Waals surface area contributed by atoms with E-state index in [9.17, 15) is 9.59 Å². The fourth-order valence-corrected chi connectivity index (χ4v) is 6.11. The van der Waals surface area contributed by atoms with Gasteiger partial charge in [-0.2, -0.15) is 0 Å². The molecule has 0 bridgehead atoms. The molecule has 4 rings (SSSR count). The fourth-order valence-electron chi connectivity index (χ4n) is 3.82. The molecule has 1 aliphatic carbocycles. The van der Waals surface area contributed by atoms with Crippen LogP contribution in [0.3, 0.4) is 0 Å². The van der Waals surface area contributed by atoms with E-state index in [1.54, 1.807) is 29.1 Å². The van der Waals surface area contributed by atoms with E-state index in [2.05, 4.69) is 12.2 Å². The standard InChI is InChI=1S/C22H25N3O3S2/c1-4-25-21(27)19-16-9-8-13(2)10-17(16)30-20(19)24-22(25)29-12-18(26)23-14-6-5-7-15(11-14)28-3/h5-7,11,13H,4,8-10,12H2,1-3H3,(H,23,26). The Morgan fingerprint density at radius 1 is 1.43 bits per heavy atom. The van der Waals surface area contributed by atoms with Crippen molar-refractivity contribution in [1.82, 2.24) is 9.55 Å². The van der Waals surface area contributed by atoms with Gasteiger partial charge in [0.05, 0.1) is 18.2 Å². The SMILES string of the molecule is CCn1c(SCC(=O)Nc2cccc(OC)c2)nc2sc3c(c2c1=O)CCC(C)C3. The molecule has 2 heterocycles. The summed E-state index contributed by atoms with van der Waals surface area (Å²) in [6, 6.07) is 7.23. The molecule has 1 unspecified atom stereocenters. The lowest BCUT2D eigenvalue weighted by atomic mass is 9.89. The molecule has 6 nitrogen and oxygen atoms in total. The molecule has 1 aromatic carbocycles. The molecular weight excluding hydrogens is 418 g/mol. The number of hydrogen-bond acceptors (Lipinski definition) is 6. The molecule has 8 heteroatoms. The number of carbonyl (C=O) groups excluding carboxylic acids is 1. The number of aryl methyl sites for hydroxylation is 1. The molecule has 0 spiro atoms. The number of methoxy groups -OCH3 is 1. The smallest absolute Gasteiger partial charge is 0.263 e. The van der Waals surface area contributed by atoms with Gasteiger partial charge in [0, 0.05) is 23.2 Å². The van der Waals surface area contributed by atoms with Crippen molar-refractivity contribution in [3.8, 4) is 5.75 Å². The minimum absolute atomic E-state index is 0.0188. The number of thiophene rings is 1. The lowest BCUT2D eigenvalue weighted by Gasteiger charge is -2.17. The number of thioether (sulfide) groups is 1. The Labute approximate surface area is 183 Å². The third kappa shape index (κ3) is 4.11. The van der Waals surface area contributed by atoms with E-state index in [4.69, 9.17) is 9.72 Å². The molecule has 0 saturated carbocycles. The molecule has 1 N–H and O–H groups in total. The zero-order chi connectivity index (χ0) is 21.3. The molecule has 3 aromatic rings. The number of anilines is 1. The third-order valence-electron chi connectivity index (χ3n) is 5.38. The van der Waals surface area contributed by atoms with Crippen molar-refractivity contribution in [3.05, 3.63) is 45.1 Å². The molecule has 1 atom stereocenters. The quantitative estimate of drug-likeness (QED) is 0.453. The van der Waals surface area contributed by atoms with Gasteiger partial charge in [-0.05, 0) is 49.8 Å². The average Bonchev–Trinajstić information content (AvgIpc) is 3.10. The molecule has 1 amide bonds. The van der Waals surface area contributed by atoms with Crippen LogP contribution in [-0.2, 0) is 24.2 Å². The van der Waals surface area contributed by atoms with Gasteiger partial charge in [0.15, 0.2) is 5.16 Å². The Balaban J connectivity index is 1.56. The van der Waals surface area contributed by atoms with Crippen LogP contribution < -0.4 is 15.6 Å². The van der Waals surface area contributed by atoms with Crippen molar-refractivity contribution in [2.75, 3.05) is 18.2 Å². The highest BCUT2D eigenvalue weighted by molar-refractivity contribution is 7.99. The number of ether oxygens (including phenoxy) is 1. The van der Waals surface area contributed by atoms with Crippen molar-refractivity contribution in [3.63, 3.8) is 0 Å². The first-order chi connectivity index (χ1) is 14.5. The van der Waals surface area contributed by atoms with E-state index in [0.717, 1.165) is 29.5 Å². The number of benzene rings is 1. The summed E-state index contributed by atoms with van der Waals surface area (Å²) in [5.74, 6) is 1.36. The van der Waals surface area contributed by atoms with Crippen LogP contribution in [0.25, 0.3) is 10.2 Å². The minimum Gasteiger partial charge on any atom is -0.497 e. The lowest BCUT2D eigenvalue weighted by molar-refractivity contribution is -0.113. The maximum atomic E-state index is 13.2. The van der Waals surface area contributed by atoms with Gasteiger partial charge in [0.25, 0.3) is 5.56 Å². The van der Waals surface area contributed by atoms with Crippen molar-refractivity contribution in [2.45, 2.75) is 44.8 Å². The number of carbonyl (C=O) groups is 1. The van der Waals surface area contributed by atoms with Gasteiger partial charge in [0.1, 0.15) is 10.6 Å². The van der Waals surface area contributed by atoms with Crippen LogP contribution >= 0.6 is 23.1 Å². The Morgan fingerprint density at radius 2 is 2.27 bits per heavy atom. The van der Waals surface area contributed by atoms with Crippen LogP contribution in [0, 0.1) is 5.92 Å². The number of hydrogen-bond donors (Lipinski definition) is 1. The van der Waals surface area contributed by atoms with E-state index in [0.29, 0.717) is 29.1 Å². The van der Waals surface area contributed by atoms with Crippen LogP contribution in [0.5, 0.6) is 5.75 Å². The molecule has 0 saturated heterocycles. The summed E-state index contributed by atoms with van der Waals surface area (Å²) in [5, 5.41) is 4.25. The van der Waals surface area contributed by atoms with Gasteiger partial charge in [-0.3, -0.25) is 14.2 Å². The van der Waals surface area contributed by atoms with Crippen LogP contribution in [0.2, 0.25) is 0 Å². The van der Waals surface area contributed by atoms with Crippen LogP contribution in [0.4, 0.5) is 5.69 Å². The summed E-state index contributed by atoms with van der Waals surface area (Å²) >= 11 is 2.94. The Kier molecular flexibility index (Phi) is 6.15. The number of nitrogens with one attached hydrogen (secondary N) is 1. The van der Waals surface area contributed by atoms with E-state index in [1.807, 2.05) is 25.1 Å². The zero-order valence-electron chi connectivity index (χ0n) is 17.4. The number of fused-ring (bicyclic) bond motifs is 3. The third-order valence-corrected chi connectivity index (χ3v) is 7.51. The highest BCUT2D eigenvalue weighted by Gasteiger charge is 2.24. The average molecular weight is 444 g/mol. The number of nitrogens with zero attached hydrogens (tertiary/aromatic N) is 2. The second-order valence-corrected chi connectivity index (χ2v) is 9.57. The number of amides is 1. The molecule has 0 fully saturated rings. The van der Waals surface area contributed by atoms with Crippen molar-refractivity contribution in [2.24, 2.45) is 5.92 Å². The summed E-state index contributed by atoms with van der Waals surface area (Å²) in [4.78, 5) is 32.5. The summed E-state index contributed by atoms with van der Waals surface area (Å²) < 4.78 is 6.88. The number of rotatable bonds is 6. The van der Waals surface area contributed by atoms with Gasteiger partial charge in [-0.1, -0.05) is 24.8 Å². The summed E-state index contributed by atoms with van der Waals surface area (Å²) in [6.45, 7) is 4.73. The van der Waals surface area contributed by atoms with E-state index < -0.39 is 0 Å². The Bertz CT molecular complexity index is 1150. The lowest BCUT2D eigenvalue weighted by Crippen LogP contribution is -2.24. The van der Waals surface area contributed by atoms with Crippen LogP contribution in [0.15, 0.2) is 34.2 Å². The largest absolute Gasteiger partial charge is 0.497 e. The van der Waals surface area contributed by atoms with Gasteiger partial charge in [0.2, 0.25) is 5.91 Å². The fraction of sp³-hybridized carbons (Fsp3) is 0.409. The van der Waals surface area contributed by atoms with Gasteiger partial charge >= 0.3 is 0 Å². The van der Waals surface area contributed by atoms with Gasteiger partial charge < -0.3 is 10.1 Å². The van der Waals surface area contributed by atoms with E-state index in [-0.39, 0.29) is 17.2 Å². The minimum atomic E-state index is -0.149. The first-order valence-corrected chi connectivity index (χ1v) is 11.9. The summed E-state index contributed by atoms with van der Waals surface area (Å²) in [6.07, 6.45) is 3.09. The normalized spacial score (nSPS) is 15.8. The maximum Gasteiger partial charge on any atom is 0.263 e. The zero-order valence-corrected chi connectivity index (χ0v) is 19.0. The molecule has 30 heavy (non-hydrogen) atoms. The molecule has 1 aliphatic rings. The van der Waals surface area contributed by atoms with E-state index >= 15 is 0 Å². The topological polar surface area (TPSA) is 73.2 Å². The van der Waals surface area contributed by atoms with Crippen molar-refractivity contribution >= 4 is 44.9 Å². The van der Waals surface area contributed by atoms with Crippen LogP contribution in [0.1, 0.15) is 30.7 Å². The molecule has 2 aromatic heterocycles. The molecular formula is C22H25N3O3S2. The maximum absolute atomic E-state index is 13.2. The first kappa shape index (κ1) is 20.9. The summed E-state index contributed by atoms with van der Waals surface area (Å²) in [5.41, 5.74) is 1.89. The second-order valence-electron chi connectivity index (χ2n) is 7.54. The Hall–Kier alpha value is -2.32. The first-order valence-electron chi connectivity index (χ1n) is 10.1. The van der Waals surface area contributed by atoms with Crippen molar-refractivity contribution in [1.29, 1.82) is 0 Å². The predicted octanol–water partition coefficient (Wildman–Crippen LogP) is 4.34. The van der Waals surface area contributed by atoms with Crippen LogP contribution in [-0.4, -0.2) is 28.3 Å². The molecule has 0 aliphatic heterocycles. The highest BCUT2D eigenvalue weighted by atomic mass is 32.2. The van der Waals surface area contributed by atoms with E-state index in [1.165, 1.54) is 22.2 Å².